The Morgan fingerprint density at radius 2 is 1.60 bits per heavy atom. The number of rotatable bonds is 8. The summed E-state index contributed by atoms with van der Waals surface area (Å²) in [4.78, 5) is 26.8. The molecule has 0 radical (unpaired) electrons. The molecule has 4 aromatic carbocycles. The Balaban J connectivity index is 1.28. The summed E-state index contributed by atoms with van der Waals surface area (Å²) in [5.74, 6) is -0.0533. The van der Waals surface area contributed by atoms with Gasteiger partial charge in [0.1, 0.15) is 17.3 Å². The van der Waals surface area contributed by atoms with Crippen LogP contribution in [0.25, 0.3) is 16.8 Å². The van der Waals surface area contributed by atoms with E-state index in [0.717, 1.165) is 33.0 Å². The summed E-state index contributed by atoms with van der Waals surface area (Å²) in [6.45, 7) is 2.02. The SMILES string of the molecule is Cc1ccc(S(=O)(=O)Oc2c(Cl)cc(/C=C3\SC(=O)N(CCOc4cccc5ccccc45)C3=O)cc2Cl)cc1. The fraction of sp³-hybridized carbons (Fsp3) is 0.103. The molecule has 0 aliphatic carbocycles. The summed E-state index contributed by atoms with van der Waals surface area (Å²) < 4.78 is 36.5. The molecule has 0 bridgehead atoms. The largest absolute Gasteiger partial charge is 0.491 e. The second-order valence-electron chi connectivity index (χ2n) is 8.82. The molecule has 0 N–H and O–H groups in total. The predicted molar refractivity (Wildman–Crippen MR) is 158 cm³/mol. The Labute approximate surface area is 245 Å². The molecule has 1 aliphatic rings. The third-order valence-electron chi connectivity index (χ3n) is 6.02. The van der Waals surface area contributed by atoms with E-state index in [1.54, 1.807) is 12.1 Å². The highest BCUT2D eigenvalue weighted by molar-refractivity contribution is 8.18. The highest BCUT2D eigenvalue weighted by Crippen LogP contribution is 2.38. The van der Waals surface area contributed by atoms with Crippen LogP contribution in [-0.4, -0.2) is 37.6 Å². The number of carbonyl (C=O) groups is 2. The van der Waals surface area contributed by atoms with E-state index < -0.39 is 21.3 Å². The minimum atomic E-state index is -4.18. The van der Waals surface area contributed by atoms with Gasteiger partial charge in [0.25, 0.3) is 11.1 Å². The van der Waals surface area contributed by atoms with E-state index >= 15 is 0 Å². The molecule has 5 rings (SSSR count). The average Bonchev–Trinajstić information content (AvgIpc) is 3.18. The lowest BCUT2D eigenvalue weighted by atomic mass is 10.1. The highest BCUT2D eigenvalue weighted by Gasteiger charge is 2.35. The summed E-state index contributed by atoms with van der Waals surface area (Å²) in [6.07, 6.45) is 1.46. The number of imide groups is 1. The molecule has 4 aromatic rings. The van der Waals surface area contributed by atoms with Crippen LogP contribution in [0.3, 0.4) is 0 Å². The Kier molecular flexibility index (Phi) is 8.09. The van der Waals surface area contributed by atoms with E-state index in [1.807, 2.05) is 49.4 Å². The Morgan fingerprint density at radius 3 is 2.33 bits per heavy atom. The van der Waals surface area contributed by atoms with Gasteiger partial charge in [-0.3, -0.25) is 14.5 Å². The standard InChI is InChI=1S/C29H21Cl2NO6S2/c1-18-9-11-21(12-10-18)40(35,36)38-27-23(30)15-19(16-24(27)31)17-26-28(33)32(29(34)39-26)13-14-37-25-8-4-6-20-5-2-3-7-22(20)25/h2-12,15-17H,13-14H2,1H3/b26-17-. The van der Waals surface area contributed by atoms with Crippen LogP contribution in [0.5, 0.6) is 11.5 Å². The smallest absolute Gasteiger partial charge is 0.339 e. The minimum absolute atomic E-state index is 0.0487. The van der Waals surface area contributed by atoms with Gasteiger partial charge >= 0.3 is 10.1 Å². The van der Waals surface area contributed by atoms with Crippen LogP contribution < -0.4 is 8.92 Å². The van der Waals surface area contributed by atoms with Crippen LogP contribution >= 0.6 is 35.0 Å². The molecule has 1 saturated heterocycles. The van der Waals surface area contributed by atoms with E-state index in [-0.39, 0.29) is 38.7 Å². The number of thioether (sulfide) groups is 1. The molecule has 0 saturated carbocycles. The van der Waals surface area contributed by atoms with Crippen molar-refractivity contribution in [3.8, 4) is 11.5 Å². The average molecular weight is 615 g/mol. The van der Waals surface area contributed by atoms with Crippen molar-refractivity contribution >= 4 is 73.1 Å². The van der Waals surface area contributed by atoms with Gasteiger partial charge in [0.05, 0.1) is 21.5 Å². The molecule has 11 heteroatoms. The highest BCUT2D eigenvalue weighted by atomic mass is 35.5. The topological polar surface area (TPSA) is 90.0 Å². The molecule has 2 amide bonds. The summed E-state index contributed by atoms with van der Waals surface area (Å²) in [6, 6.07) is 22.4. The molecule has 1 fully saturated rings. The van der Waals surface area contributed by atoms with Crippen molar-refractivity contribution in [2.75, 3.05) is 13.2 Å². The number of fused-ring (bicyclic) bond motifs is 1. The molecule has 40 heavy (non-hydrogen) atoms. The summed E-state index contributed by atoms with van der Waals surface area (Å²) >= 11 is 13.4. The quantitative estimate of drug-likeness (QED) is 0.152. The lowest BCUT2D eigenvalue weighted by Gasteiger charge is -2.14. The number of hydrogen-bond donors (Lipinski definition) is 0. The van der Waals surface area contributed by atoms with Gasteiger partial charge in [0.15, 0.2) is 5.75 Å². The second-order valence-corrected chi connectivity index (χ2v) is 12.2. The minimum Gasteiger partial charge on any atom is -0.491 e. The number of benzene rings is 4. The number of amides is 2. The third-order valence-corrected chi connectivity index (χ3v) is 8.72. The summed E-state index contributed by atoms with van der Waals surface area (Å²) in [5, 5.41) is 1.39. The van der Waals surface area contributed by atoms with Gasteiger partial charge in [-0.15, -0.1) is 0 Å². The maximum absolute atomic E-state index is 13.0. The number of nitrogens with zero attached hydrogens (tertiary/aromatic N) is 1. The summed E-state index contributed by atoms with van der Waals surface area (Å²) in [7, 11) is -4.18. The first-order chi connectivity index (χ1) is 19.1. The van der Waals surface area contributed by atoms with E-state index in [4.69, 9.17) is 32.1 Å². The zero-order valence-corrected chi connectivity index (χ0v) is 24.1. The van der Waals surface area contributed by atoms with Gasteiger partial charge in [-0.05, 0) is 66.0 Å². The van der Waals surface area contributed by atoms with Crippen molar-refractivity contribution in [2.24, 2.45) is 0 Å². The molecular formula is C29H21Cl2NO6S2. The number of halogens is 2. The van der Waals surface area contributed by atoms with Crippen molar-refractivity contribution < 1.29 is 26.9 Å². The monoisotopic (exact) mass is 613 g/mol. The van der Waals surface area contributed by atoms with Gasteiger partial charge in [-0.25, -0.2) is 0 Å². The fourth-order valence-corrected chi connectivity index (χ4v) is 6.52. The van der Waals surface area contributed by atoms with Crippen molar-refractivity contribution in [1.29, 1.82) is 0 Å². The molecule has 0 aromatic heterocycles. The van der Waals surface area contributed by atoms with Crippen LogP contribution in [-0.2, 0) is 14.9 Å². The maximum Gasteiger partial charge on any atom is 0.339 e. The second kappa shape index (κ2) is 11.5. The lowest BCUT2D eigenvalue weighted by molar-refractivity contribution is -0.123. The predicted octanol–water partition coefficient (Wildman–Crippen LogP) is 7.34. The number of hydrogen-bond acceptors (Lipinski definition) is 7. The van der Waals surface area contributed by atoms with Crippen LogP contribution in [0.15, 0.2) is 88.7 Å². The van der Waals surface area contributed by atoms with Gasteiger partial charge in [-0.1, -0.05) is 77.3 Å². The zero-order valence-electron chi connectivity index (χ0n) is 21.0. The molecule has 1 aliphatic heterocycles. The van der Waals surface area contributed by atoms with Crippen LogP contribution in [0.2, 0.25) is 10.0 Å². The Hall–Kier alpha value is -3.50. The molecule has 0 atom stereocenters. The molecule has 1 heterocycles. The van der Waals surface area contributed by atoms with Crippen molar-refractivity contribution in [2.45, 2.75) is 11.8 Å². The maximum atomic E-state index is 13.0. The first kappa shape index (κ1) is 28.0. The lowest BCUT2D eigenvalue weighted by Crippen LogP contribution is -2.32. The normalized spacial score (nSPS) is 14.8. The van der Waals surface area contributed by atoms with Crippen LogP contribution in [0, 0.1) is 6.92 Å². The molecule has 7 nitrogen and oxygen atoms in total. The van der Waals surface area contributed by atoms with E-state index in [2.05, 4.69) is 0 Å². The van der Waals surface area contributed by atoms with Crippen LogP contribution in [0.4, 0.5) is 4.79 Å². The van der Waals surface area contributed by atoms with Gasteiger partial charge < -0.3 is 8.92 Å². The van der Waals surface area contributed by atoms with E-state index in [0.29, 0.717) is 11.3 Å². The first-order valence-electron chi connectivity index (χ1n) is 12.0. The molecular weight excluding hydrogens is 593 g/mol. The van der Waals surface area contributed by atoms with Gasteiger partial charge in [0, 0.05) is 5.39 Å². The third kappa shape index (κ3) is 5.97. The molecule has 0 spiro atoms. The molecule has 0 unspecified atom stereocenters. The fourth-order valence-electron chi connectivity index (χ4n) is 4.02. The van der Waals surface area contributed by atoms with E-state index in [9.17, 15) is 18.0 Å². The van der Waals surface area contributed by atoms with Crippen LogP contribution in [0.1, 0.15) is 11.1 Å². The van der Waals surface area contributed by atoms with Gasteiger partial charge in [0.2, 0.25) is 0 Å². The van der Waals surface area contributed by atoms with Gasteiger partial charge in [-0.2, -0.15) is 8.42 Å². The number of ether oxygens (including phenoxy) is 1. The number of aryl methyl sites for hydroxylation is 1. The van der Waals surface area contributed by atoms with Crippen molar-refractivity contribution in [3.63, 3.8) is 0 Å². The zero-order chi connectivity index (χ0) is 28.4. The number of carbonyl (C=O) groups excluding carboxylic acids is 2. The Bertz CT molecular complexity index is 1740. The Morgan fingerprint density at radius 1 is 0.925 bits per heavy atom. The van der Waals surface area contributed by atoms with E-state index in [1.165, 1.54) is 30.3 Å². The molecule has 204 valence electrons. The van der Waals surface area contributed by atoms with Crippen molar-refractivity contribution in [1.82, 2.24) is 4.90 Å². The van der Waals surface area contributed by atoms with Crippen molar-refractivity contribution in [3.05, 3.63) is 105 Å². The first-order valence-corrected chi connectivity index (χ1v) is 15.0. The summed E-state index contributed by atoms with van der Waals surface area (Å²) in [5.41, 5.74) is 1.29.